The largest absolute Gasteiger partial charge is 0.350 e. The number of carbonyl (C=O) groups is 2. The Labute approximate surface area is 157 Å². The normalized spacial score (nSPS) is 10.8. The van der Waals surface area contributed by atoms with Crippen LogP contribution in [0.25, 0.3) is 10.9 Å². The minimum Gasteiger partial charge on any atom is -0.350 e. The third-order valence-corrected chi connectivity index (χ3v) is 4.22. The minimum atomic E-state index is -0.435. The van der Waals surface area contributed by atoms with E-state index in [1.165, 1.54) is 24.1 Å². The predicted octanol–water partition coefficient (Wildman–Crippen LogP) is 3.48. The fourth-order valence-electron chi connectivity index (χ4n) is 2.56. The van der Waals surface area contributed by atoms with Gasteiger partial charge in [-0.15, -0.1) is 0 Å². The molecule has 2 amide bonds. The molecule has 0 spiro atoms. The fourth-order valence-corrected chi connectivity index (χ4v) is 2.99. The molecule has 0 atom stereocenters. The van der Waals surface area contributed by atoms with Crippen molar-refractivity contribution in [3.05, 3.63) is 58.1 Å². The first-order chi connectivity index (χ1) is 12.3. The molecule has 0 saturated heterocycles. The molecule has 3 aromatic rings. The van der Waals surface area contributed by atoms with Crippen molar-refractivity contribution in [3.63, 3.8) is 0 Å². The number of anilines is 1. The lowest BCUT2D eigenvalue weighted by Crippen LogP contribution is -2.35. The summed E-state index contributed by atoms with van der Waals surface area (Å²) >= 11 is 3.21. The van der Waals surface area contributed by atoms with Gasteiger partial charge in [-0.25, -0.2) is 9.37 Å². The van der Waals surface area contributed by atoms with Crippen molar-refractivity contribution in [2.75, 3.05) is 18.9 Å². The Morgan fingerprint density at radius 1 is 1.31 bits per heavy atom. The second-order valence-corrected chi connectivity index (χ2v) is 6.82. The molecule has 0 aliphatic heterocycles. The number of nitrogens with one attached hydrogen (secondary N) is 2. The number of benzene rings is 1. The van der Waals surface area contributed by atoms with E-state index >= 15 is 0 Å². The van der Waals surface area contributed by atoms with Crippen LogP contribution in [-0.4, -0.2) is 40.3 Å². The van der Waals surface area contributed by atoms with Crippen molar-refractivity contribution in [2.24, 2.45) is 0 Å². The standard InChI is InChI=1S/C18H16BrFN4O2/c1-10-4-3-5-16(21-10)23-17(25)9-24(2)18(26)15-8-12-13(20)6-11(19)7-14(12)22-15/h3-8,22H,9H2,1-2H3,(H,21,23,25). The molecule has 134 valence electrons. The summed E-state index contributed by atoms with van der Waals surface area (Å²) in [5, 5.41) is 2.96. The number of likely N-dealkylation sites (N-methyl/N-ethyl adjacent to an activating group) is 1. The number of nitrogens with zero attached hydrogens (tertiary/aromatic N) is 2. The minimum absolute atomic E-state index is 0.157. The number of carbonyl (C=O) groups excluding carboxylic acids is 2. The maximum absolute atomic E-state index is 14.0. The van der Waals surface area contributed by atoms with Gasteiger partial charge in [-0.05, 0) is 37.3 Å². The molecule has 6 nitrogen and oxygen atoms in total. The van der Waals surface area contributed by atoms with E-state index in [2.05, 4.69) is 31.2 Å². The first-order valence-corrected chi connectivity index (χ1v) is 8.59. The number of aromatic amines is 1. The molecule has 0 fully saturated rings. The number of H-pyrrole nitrogens is 1. The van der Waals surface area contributed by atoms with Crippen LogP contribution in [0.3, 0.4) is 0 Å². The molecule has 0 bridgehead atoms. The summed E-state index contributed by atoms with van der Waals surface area (Å²) in [5.41, 5.74) is 1.49. The van der Waals surface area contributed by atoms with Crippen molar-refractivity contribution < 1.29 is 14.0 Å². The van der Waals surface area contributed by atoms with Gasteiger partial charge in [0.05, 0.1) is 12.1 Å². The third kappa shape index (κ3) is 3.91. The maximum Gasteiger partial charge on any atom is 0.270 e. The molecule has 2 heterocycles. The smallest absolute Gasteiger partial charge is 0.270 e. The molecule has 2 N–H and O–H groups in total. The maximum atomic E-state index is 14.0. The van der Waals surface area contributed by atoms with Gasteiger partial charge in [0.2, 0.25) is 5.91 Å². The summed E-state index contributed by atoms with van der Waals surface area (Å²) < 4.78 is 14.5. The zero-order valence-corrected chi connectivity index (χ0v) is 15.7. The molecule has 2 aromatic heterocycles. The topological polar surface area (TPSA) is 78.1 Å². The Morgan fingerprint density at radius 3 is 2.81 bits per heavy atom. The van der Waals surface area contributed by atoms with Crippen molar-refractivity contribution in [3.8, 4) is 0 Å². The number of aromatic nitrogens is 2. The summed E-state index contributed by atoms with van der Waals surface area (Å²) in [7, 11) is 1.50. The summed E-state index contributed by atoms with van der Waals surface area (Å²) in [4.78, 5) is 33.0. The summed E-state index contributed by atoms with van der Waals surface area (Å²) in [6.07, 6.45) is 0. The van der Waals surface area contributed by atoms with Gasteiger partial charge in [-0.1, -0.05) is 22.0 Å². The molecule has 0 saturated carbocycles. The van der Waals surface area contributed by atoms with Crippen molar-refractivity contribution in [1.82, 2.24) is 14.9 Å². The van der Waals surface area contributed by atoms with Gasteiger partial charge in [0.15, 0.2) is 0 Å². The number of hydrogen-bond donors (Lipinski definition) is 2. The van der Waals surface area contributed by atoms with Crippen LogP contribution in [0.15, 0.2) is 40.9 Å². The van der Waals surface area contributed by atoms with Crippen LogP contribution < -0.4 is 5.32 Å². The van der Waals surface area contributed by atoms with E-state index in [0.717, 1.165) is 5.69 Å². The molecule has 0 unspecified atom stereocenters. The van der Waals surface area contributed by atoms with Crippen LogP contribution in [0, 0.1) is 12.7 Å². The van der Waals surface area contributed by atoms with E-state index in [1.54, 1.807) is 18.2 Å². The SMILES string of the molecule is Cc1cccc(NC(=O)CN(C)C(=O)c2cc3c(F)cc(Br)cc3[nH]2)n1. The van der Waals surface area contributed by atoms with Gasteiger partial charge >= 0.3 is 0 Å². The first-order valence-electron chi connectivity index (χ1n) is 7.80. The lowest BCUT2D eigenvalue weighted by Gasteiger charge is -2.15. The molecule has 0 radical (unpaired) electrons. The van der Waals surface area contributed by atoms with Crippen LogP contribution >= 0.6 is 15.9 Å². The number of halogens is 2. The Morgan fingerprint density at radius 2 is 2.08 bits per heavy atom. The van der Waals surface area contributed by atoms with E-state index in [1.807, 2.05) is 13.0 Å². The summed E-state index contributed by atoms with van der Waals surface area (Å²) in [6.45, 7) is 1.66. The van der Waals surface area contributed by atoms with Gasteiger partial charge in [-0.3, -0.25) is 9.59 Å². The average Bonchev–Trinajstić information content (AvgIpc) is 2.98. The third-order valence-electron chi connectivity index (χ3n) is 3.77. The molecule has 1 aromatic carbocycles. The number of fused-ring (bicyclic) bond motifs is 1. The molecule has 0 aliphatic rings. The van der Waals surface area contributed by atoms with Crippen LogP contribution in [0.1, 0.15) is 16.2 Å². The van der Waals surface area contributed by atoms with Gasteiger partial charge in [0.1, 0.15) is 17.3 Å². The van der Waals surface area contributed by atoms with Gasteiger partial charge in [0.25, 0.3) is 5.91 Å². The highest BCUT2D eigenvalue weighted by Crippen LogP contribution is 2.24. The zero-order valence-electron chi connectivity index (χ0n) is 14.1. The summed E-state index contributed by atoms with van der Waals surface area (Å²) in [6, 6.07) is 9.73. The van der Waals surface area contributed by atoms with E-state index in [4.69, 9.17) is 0 Å². The molecular weight excluding hydrogens is 403 g/mol. The van der Waals surface area contributed by atoms with Crippen LogP contribution in [0.5, 0.6) is 0 Å². The fraction of sp³-hybridized carbons (Fsp3) is 0.167. The average molecular weight is 419 g/mol. The highest BCUT2D eigenvalue weighted by molar-refractivity contribution is 9.10. The Hall–Kier alpha value is -2.74. The quantitative estimate of drug-likeness (QED) is 0.680. The van der Waals surface area contributed by atoms with Crippen LogP contribution in [0.2, 0.25) is 0 Å². The summed E-state index contributed by atoms with van der Waals surface area (Å²) in [5.74, 6) is -0.794. The number of rotatable bonds is 4. The molecule has 26 heavy (non-hydrogen) atoms. The molecule has 8 heteroatoms. The lowest BCUT2D eigenvalue weighted by atomic mass is 10.2. The van der Waals surface area contributed by atoms with Gasteiger partial charge in [0, 0.05) is 22.6 Å². The number of amides is 2. The Balaban J connectivity index is 1.71. The van der Waals surface area contributed by atoms with E-state index in [9.17, 15) is 14.0 Å². The molecule has 3 rings (SSSR count). The van der Waals surface area contributed by atoms with Crippen LogP contribution in [-0.2, 0) is 4.79 Å². The zero-order chi connectivity index (χ0) is 18.8. The highest BCUT2D eigenvalue weighted by Gasteiger charge is 2.18. The number of hydrogen-bond acceptors (Lipinski definition) is 3. The number of aryl methyl sites for hydroxylation is 1. The lowest BCUT2D eigenvalue weighted by molar-refractivity contribution is -0.116. The van der Waals surface area contributed by atoms with Crippen molar-refractivity contribution >= 4 is 44.5 Å². The van der Waals surface area contributed by atoms with Gasteiger partial charge < -0.3 is 15.2 Å². The number of pyridine rings is 1. The Kier molecular flexibility index (Phi) is 5.03. The van der Waals surface area contributed by atoms with Gasteiger partial charge in [-0.2, -0.15) is 0 Å². The van der Waals surface area contributed by atoms with E-state index in [0.29, 0.717) is 21.2 Å². The monoisotopic (exact) mass is 418 g/mol. The molecule has 0 aliphatic carbocycles. The van der Waals surface area contributed by atoms with E-state index in [-0.39, 0.29) is 18.1 Å². The predicted molar refractivity (Wildman–Crippen MR) is 101 cm³/mol. The van der Waals surface area contributed by atoms with Crippen molar-refractivity contribution in [2.45, 2.75) is 6.92 Å². The molecular formula is C18H16BrFN4O2. The van der Waals surface area contributed by atoms with Crippen LogP contribution in [0.4, 0.5) is 10.2 Å². The second-order valence-electron chi connectivity index (χ2n) is 5.91. The van der Waals surface area contributed by atoms with Crippen molar-refractivity contribution in [1.29, 1.82) is 0 Å². The first kappa shape index (κ1) is 18.1. The van der Waals surface area contributed by atoms with E-state index < -0.39 is 11.7 Å². The highest BCUT2D eigenvalue weighted by atomic mass is 79.9. The second kappa shape index (κ2) is 7.25. The Bertz CT molecular complexity index is 1000.